The van der Waals surface area contributed by atoms with Gasteiger partial charge in [0.25, 0.3) is 5.56 Å². The van der Waals surface area contributed by atoms with Crippen LogP contribution in [0.3, 0.4) is 0 Å². The van der Waals surface area contributed by atoms with Crippen molar-refractivity contribution >= 4 is 38.4 Å². The molecule has 3 aromatic rings. The number of likely N-dealkylation sites (tertiary alicyclic amines) is 1. The van der Waals surface area contributed by atoms with Gasteiger partial charge in [-0.2, -0.15) is 0 Å². The van der Waals surface area contributed by atoms with E-state index in [-0.39, 0.29) is 12.2 Å². The predicted octanol–water partition coefficient (Wildman–Crippen LogP) is 2.67. The molecule has 1 aromatic carbocycles. The first-order valence-electron chi connectivity index (χ1n) is 8.98. The van der Waals surface area contributed by atoms with E-state index in [2.05, 4.69) is 22.0 Å². The standard InChI is InChI=1S/C20H23N3O2S/c21-14-5-9-23(10-6-14)8-1-2-15-13(12-24)3-4-17-18(15)16-7-11-26-19(16)20(25)22-17/h1-4,7,11,14,24H,5-6,8-10,12,21H2,(H,22,25). The zero-order chi connectivity index (χ0) is 18.1. The molecule has 1 saturated heterocycles. The number of benzene rings is 1. The molecule has 6 heteroatoms. The molecule has 0 saturated carbocycles. The van der Waals surface area contributed by atoms with Crippen molar-refractivity contribution in [2.24, 2.45) is 5.73 Å². The topological polar surface area (TPSA) is 82.3 Å². The van der Waals surface area contributed by atoms with E-state index in [1.165, 1.54) is 11.3 Å². The summed E-state index contributed by atoms with van der Waals surface area (Å²) in [5, 5.41) is 13.7. The summed E-state index contributed by atoms with van der Waals surface area (Å²) in [4.78, 5) is 17.6. The largest absolute Gasteiger partial charge is 0.392 e. The van der Waals surface area contributed by atoms with Gasteiger partial charge in [0.2, 0.25) is 0 Å². The molecule has 0 amide bonds. The Morgan fingerprint density at radius 3 is 2.88 bits per heavy atom. The van der Waals surface area contributed by atoms with Gasteiger partial charge < -0.3 is 15.8 Å². The SMILES string of the molecule is NC1CCN(CC=Cc2c(CO)ccc3[nH]c(=O)c4sccc4c23)CC1. The van der Waals surface area contributed by atoms with Gasteiger partial charge in [-0.3, -0.25) is 9.69 Å². The lowest BCUT2D eigenvalue weighted by Crippen LogP contribution is -2.39. The fourth-order valence-corrected chi connectivity index (χ4v) is 4.50. The lowest BCUT2D eigenvalue weighted by atomic mass is 9.99. The highest BCUT2D eigenvalue weighted by molar-refractivity contribution is 7.17. The van der Waals surface area contributed by atoms with Gasteiger partial charge in [-0.1, -0.05) is 18.2 Å². The number of nitrogens with zero attached hydrogens (tertiary/aromatic N) is 1. The molecule has 2 aromatic heterocycles. The van der Waals surface area contributed by atoms with E-state index >= 15 is 0 Å². The highest BCUT2D eigenvalue weighted by Crippen LogP contribution is 2.31. The van der Waals surface area contributed by atoms with Crippen LogP contribution >= 0.6 is 11.3 Å². The number of hydrogen-bond acceptors (Lipinski definition) is 5. The van der Waals surface area contributed by atoms with Crippen LogP contribution in [-0.2, 0) is 6.61 Å². The van der Waals surface area contributed by atoms with Crippen molar-refractivity contribution in [2.75, 3.05) is 19.6 Å². The van der Waals surface area contributed by atoms with E-state index < -0.39 is 0 Å². The number of nitrogens with one attached hydrogen (secondary N) is 1. The minimum Gasteiger partial charge on any atom is -0.392 e. The number of rotatable bonds is 4. The number of aromatic amines is 1. The van der Waals surface area contributed by atoms with Crippen molar-refractivity contribution in [3.8, 4) is 0 Å². The Morgan fingerprint density at radius 1 is 1.31 bits per heavy atom. The molecule has 0 bridgehead atoms. The number of H-pyrrole nitrogens is 1. The fourth-order valence-electron chi connectivity index (χ4n) is 3.70. The quantitative estimate of drug-likeness (QED) is 0.660. The monoisotopic (exact) mass is 369 g/mol. The van der Waals surface area contributed by atoms with E-state index in [1.807, 2.05) is 23.6 Å². The number of aliphatic hydroxyl groups excluding tert-OH is 1. The van der Waals surface area contributed by atoms with Gasteiger partial charge in [-0.25, -0.2) is 0 Å². The second kappa shape index (κ2) is 7.32. The highest BCUT2D eigenvalue weighted by atomic mass is 32.1. The maximum atomic E-state index is 12.2. The van der Waals surface area contributed by atoms with Crippen molar-refractivity contribution in [2.45, 2.75) is 25.5 Å². The summed E-state index contributed by atoms with van der Waals surface area (Å²) < 4.78 is 0.729. The van der Waals surface area contributed by atoms with Crippen LogP contribution in [0, 0.1) is 0 Å². The highest BCUT2D eigenvalue weighted by Gasteiger charge is 2.15. The molecule has 4 rings (SSSR count). The van der Waals surface area contributed by atoms with Gasteiger partial charge in [-0.05, 0) is 54.6 Å². The molecular formula is C20H23N3O2S. The van der Waals surface area contributed by atoms with Gasteiger partial charge in [0.1, 0.15) is 4.70 Å². The zero-order valence-corrected chi connectivity index (χ0v) is 15.4. The smallest absolute Gasteiger partial charge is 0.266 e. The molecular weight excluding hydrogens is 346 g/mol. The summed E-state index contributed by atoms with van der Waals surface area (Å²) in [5.74, 6) is 0. The number of piperidine rings is 1. The molecule has 0 atom stereocenters. The summed E-state index contributed by atoms with van der Waals surface area (Å²) in [6, 6.07) is 6.08. The average molecular weight is 369 g/mol. The van der Waals surface area contributed by atoms with Crippen LogP contribution in [0.4, 0.5) is 0 Å². The Balaban J connectivity index is 1.74. The van der Waals surface area contributed by atoms with Gasteiger partial charge in [-0.15, -0.1) is 11.3 Å². The second-order valence-electron chi connectivity index (χ2n) is 6.88. The van der Waals surface area contributed by atoms with Crippen LogP contribution in [0.15, 0.2) is 34.4 Å². The number of thiophene rings is 1. The Bertz CT molecular complexity index is 1010. The molecule has 0 radical (unpaired) electrons. The van der Waals surface area contributed by atoms with Crippen molar-refractivity contribution < 1.29 is 5.11 Å². The molecule has 0 aliphatic carbocycles. The third kappa shape index (κ3) is 3.21. The van der Waals surface area contributed by atoms with Crippen LogP contribution in [-0.4, -0.2) is 40.7 Å². The fraction of sp³-hybridized carbons (Fsp3) is 0.350. The maximum Gasteiger partial charge on any atom is 0.266 e. The normalized spacial score (nSPS) is 17.0. The number of hydrogen-bond donors (Lipinski definition) is 3. The minimum absolute atomic E-state index is 0.0288. The molecule has 5 nitrogen and oxygen atoms in total. The van der Waals surface area contributed by atoms with Crippen LogP contribution in [0.5, 0.6) is 0 Å². The van der Waals surface area contributed by atoms with Crippen molar-refractivity contribution in [3.05, 3.63) is 51.1 Å². The summed E-state index contributed by atoms with van der Waals surface area (Å²) in [5.41, 5.74) is 8.58. The summed E-state index contributed by atoms with van der Waals surface area (Å²) in [6.45, 7) is 2.88. The molecule has 26 heavy (non-hydrogen) atoms. The second-order valence-corrected chi connectivity index (χ2v) is 7.79. The summed E-state index contributed by atoms with van der Waals surface area (Å²) in [6.07, 6.45) is 6.31. The van der Waals surface area contributed by atoms with E-state index in [9.17, 15) is 9.90 Å². The Morgan fingerprint density at radius 2 is 2.12 bits per heavy atom. The molecule has 1 aliphatic rings. The van der Waals surface area contributed by atoms with Crippen LogP contribution in [0.1, 0.15) is 24.0 Å². The predicted molar refractivity (Wildman–Crippen MR) is 109 cm³/mol. The van der Waals surface area contributed by atoms with Gasteiger partial charge in [0.15, 0.2) is 0 Å². The number of fused-ring (bicyclic) bond motifs is 3. The number of aromatic nitrogens is 1. The third-order valence-electron chi connectivity index (χ3n) is 5.18. The van der Waals surface area contributed by atoms with Gasteiger partial charge in [0, 0.05) is 28.9 Å². The molecule has 4 N–H and O–H groups in total. The molecule has 0 spiro atoms. The Kier molecular flexibility index (Phi) is 4.91. The number of aliphatic hydroxyl groups is 1. The average Bonchev–Trinajstić information content (AvgIpc) is 3.14. The van der Waals surface area contributed by atoms with E-state index in [4.69, 9.17) is 5.73 Å². The molecule has 1 aliphatic heterocycles. The van der Waals surface area contributed by atoms with Crippen LogP contribution in [0.25, 0.3) is 27.1 Å². The van der Waals surface area contributed by atoms with E-state index in [0.717, 1.165) is 64.6 Å². The van der Waals surface area contributed by atoms with Crippen LogP contribution < -0.4 is 11.3 Å². The summed E-state index contributed by atoms with van der Waals surface area (Å²) >= 11 is 1.45. The van der Waals surface area contributed by atoms with Crippen molar-refractivity contribution in [1.82, 2.24) is 9.88 Å². The Labute approximate surface area is 155 Å². The number of pyridine rings is 1. The number of nitrogens with two attached hydrogens (primary N) is 1. The lowest BCUT2D eigenvalue weighted by Gasteiger charge is -2.28. The van der Waals surface area contributed by atoms with Crippen molar-refractivity contribution in [3.63, 3.8) is 0 Å². The maximum absolute atomic E-state index is 12.2. The first-order valence-corrected chi connectivity index (χ1v) is 9.85. The van der Waals surface area contributed by atoms with E-state index in [1.54, 1.807) is 0 Å². The van der Waals surface area contributed by atoms with Gasteiger partial charge in [0.05, 0.1) is 6.61 Å². The lowest BCUT2D eigenvalue weighted by molar-refractivity contribution is 0.234. The zero-order valence-electron chi connectivity index (χ0n) is 14.6. The molecule has 1 fully saturated rings. The van der Waals surface area contributed by atoms with Crippen LogP contribution in [0.2, 0.25) is 0 Å². The molecule has 0 unspecified atom stereocenters. The minimum atomic E-state index is -0.0566. The molecule has 136 valence electrons. The first-order chi connectivity index (χ1) is 12.7. The van der Waals surface area contributed by atoms with Gasteiger partial charge >= 0.3 is 0 Å². The molecule has 3 heterocycles. The first kappa shape index (κ1) is 17.4. The third-order valence-corrected chi connectivity index (χ3v) is 6.09. The van der Waals surface area contributed by atoms with E-state index in [0.29, 0.717) is 6.04 Å². The Hall–Kier alpha value is -1.99. The van der Waals surface area contributed by atoms with Crippen molar-refractivity contribution in [1.29, 1.82) is 0 Å². The summed E-state index contributed by atoms with van der Waals surface area (Å²) in [7, 11) is 0.